The van der Waals surface area contributed by atoms with Crippen molar-refractivity contribution < 1.29 is 21.6 Å². The maximum atomic E-state index is 11.8. The minimum absolute atomic E-state index is 0.0910. The smallest absolute Gasteiger partial charge is 0.239 e. The Kier molecular flexibility index (Phi) is 2.63. The van der Waals surface area contributed by atoms with Crippen LogP contribution in [-0.2, 0) is 24.5 Å². The summed E-state index contributed by atoms with van der Waals surface area (Å²) in [7, 11) is -7.36. The first kappa shape index (κ1) is 12.8. The van der Waals surface area contributed by atoms with Crippen LogP contribution in [-0.4, -0.2) is 34.8 Å². The van der Waals surface area contributed by atoms with Gasteiger partial charge in [-0.3, -0.25) is 4.79 Å². The number of carbonyl (C=O) groups excluding carboxylic acids is 1. The number of nitrogen functional groups attached to an aromatic ring is 1. The molecule has 0 atom stereocenters. The standard InChI is InChI=1S/C9H10N2O5S2/c1-17(13,14)5-2-6(10)9-7(3-5)11-8(12)4-18(9,15)16/h2-3H,4,10H2,1H3,(H,11,12). The third kappa shape index (κ3) is 2.06. The van der Waals surface area contributed by atoms with E-state index in [0.29, 0.717) is 0 Å². The molecule has 1 aliphatic heterocycles. The van der Waals surface area contributed by atoms with E-state index in [9.17, 15) is 21.6 Å². The van der Waals surface area contributed by atoms with E-state index in [1.54, 1.807) is 0 Å². The summed E-state index contributed by atoms with van der Waals surface area (Å²) >= 11 is 0. The van der Waals surface area contributed by atoms with Crippen molar-refractivity contribution in [2.75, 3.05) is 23.1 Å². The molecule has 0 bridgehead atoms. The molecule has 0 fully saturated rings. The van der Waals surface area contributed by atoms with E-state index < -0.39 is 31.3 Å². The van der Waals surface area contributed by atoms with E-state index in [2.05, 4.69) is 5.32 Å². The van der Waals surface area contributed by atoms with Crippen molar-refractivity contribution in [1.29, 1.82) is 0 Å². The number of amides is 1. The van der Waals surface area contributed by atoms with E-state index in [-0.39, 0.29) is 21.2 Å². The lowest BCUT2D eigenvalue weighted by molar-refractivity contribution is -0.114. The Morgan fingerprint density at radius 1 is 1.33 bits per heavy atom. The molecule has 1 aromatic carbocycles. The predicted molar refractivity (Wildman–Crippen MR) is 64.6 cm³/mol. The number of nitrogens with two attached hydrogens (primary N) is 1. The quantitative estimate of drug-likeness (QED) is 0.665. The Morgan fingerprint density at radius 2 is 1.94 bits per heavy atom. The molecule has 2 rings (SSSR count). The highest BCUT2D eigenvalue weighted by Crippen LogP contribution is 2.34. The largest absolute Gasteiger partial charge is 0.398 e. The third-order valence-corrected chi connectivity index (χ3v) is 5.24. The van der Waals surface area contributed by atoms with Crippen molar-refractivity contribution in [3.8, 4) is 0 Å². The average Bonchev–Trinajstić information content (AvgIpc) is 2.11. The Balaban J connectivity index is 2.81. The highest BCUT2D eigenvalue weighted by molar-refractivity contribution is 7.92. The van der Waals surface area contributed by atoms with Gasteiger partial charge in [0, 0.05) is 6.26 Å². The van der Waals surface area contributed by atoms with Gasteiger partial charge in [0.1, 0.15) is 10.6 Å². The second-order valence-electron chi connectivity index (χ2n) is 3.97. The van der Waals surface area contributed by atoms with Gasteiger partial charge in [0.25, 0.3) is 0 Å². The van der Waals surface area contributed by atoms with Crippen molar-refractivity contribution in [1.82, 2.24) is 0 Å². The minimum Gasteiger partial charge on any atom is -0.398 e. The van der Waals surface area contributed by atoms with Crippen LogP contribution in [0, 0.1) is 0 Å². The lowest BCUT2D eigenvalue weighted by Crippen LogP contribution is -2.30. The van der Waals surface area contributed by atoms with Crippen LogP contribution in [0.3, 0.4) is 0 Å². The summed E-state index contributed by atoms with van der Waals surface area (Å²) in [6.07, 6.45) is 0.966. The zero-order valence-electron chi connectivity index (χ0n) is 9.30. The molecule has 3 N–H and O–H groups in total. The molecule has 98 valence electrons. The topological polar surface area (TPSA) is 123 Å². The zero-order valence-corrected chi connectivity index (χ0v) is 10.9. The number of fused-ring (bicyclic) bond motifs is 1. The van der Waals surface area contributed by atoms with Gasteiger partial charge < -0.3 is 11.1 Å². The lowest BCUT2D eigenvalue weighted by Gasteiger charge is -2.19. The molecular weight excluding hydrogens is 280 g/mol. The highest BCUT2D eigenvalue weighted by atomic mass is 32.2. The van der Waals surface area contributed by atoms with Gasteiger partial charge in [0.15, 0.2) is 19.7 Å². The van der Waals surface area contributed by atoms with Gasteiger partial charge in [0.2, 0.25) is 5.91 Å². The van der Waals surface area contributed by atoms with Gasteiger partial charge in [-0.05, 0) is 12.1 Å². The molecule has 1 aliphatic rings. The van der Waals surface area contributed by atoms with Crippen LogP contribution in [0.15, 0.2) is 21.9 Å². The van der Waals surface area contributed by atoms with Crippen molar-refractivity contribution in [3.63, 3.8) is 0 Å². The van der Waals surface area contributed by atoms with E-state index in [0.717, 1.165) is 18.4 Å². The van der Waals surface area contributed by atoms with Gasteiger partial charge in [-0.2, -0.15) is 0 Å². The van der Waals surface area contributed by atoms with Crippen LogP contribution >= 0.6 is 0 Å². The summed E-state index contributed by atoms with van der Waals surface area (Å²) < 4.78 is 46.3. The number of nitrogens with one attached hydrogen (secondary N) is 1. The van der Waals surface area contributed by atoms with E-state index in [1.165, 1.54) is 0 Å². The first-order chi connectivity index (χ1) is 8.11. The maximum absolute atomic E-state index is 11.8. The number of carbonyl (C=O) groups is 1. The Labute approximate surface area is 104 Å². The number of rotatable bonds is 1. The second kappa shape index (κ2) is 3.69. The Morgan fingerprint density at radius 3 is 2.50 bits per heavy atom. The number of hydrogen-bond donors (Lipinski definition) is 2. The molecule has 0 unspecified atom stereocenters. The molecule has 0 aliphatic carbocycles. The van der Waals surface area contributed by atoms with E-state index in [1.807, 2.05) is 0 Å². The van der Waals surface area contributed by atoms with Crippen LogP contribution in [0.4, 0.5) is 11.4 Å². The highest BCUT2D eigenvalue weighted by Gasteiger charge is 2.32. The second-order valence-corrected chi connectivity index (χ2v) is 7.91. The molecule has 1 amide bonds. The summed E-state index contributed by atoms with van der Waals surface area (Å²) in [5.74, 6) is -1.41. The summed E-state index contributed by atoms with van der Waals surface area (Å²) in [5, 5.41) is 2.31. The number of anilines is 2. The Bertz CT molecular complexity index is 749. The number of benzene rings is 1. The van der Waals surface area contributed by atoms with Gasteiger partial charge in [-0.15, -0.1) is 0 Å². The normalized spacial score (nSPS) is 17.9. The van der Waals surface area contributed by atoms with Crippen LogP contribution in [0.5, 0.6) is 0 Å². The minimum atomic E-state index is -3.82. The van der Waals surface area contributed by atoms with Crippen LogP contribution in [0.25, 0.3) is 0 Å². The molecule has 1 aromatic rings. The predicted octanol–water partition coefficient (Wildman–Crippen LogP) is -0.602. The SMILES string of the molecule is CS(=O)(=O)c1cc(N)c2c(c1)NC(=O)CS2(=O)=O. The van der Waals surface area contributed by atoms with Crippen molar-refractivity contribution in [2.24, 2.45) is 0 Å². The zero-order chi connectivity index (χ0) is 13.7. The molecule has 0 aromatic heterocycles. The van der Waals surface area contributed by atoms with Crippen molar-refractivity contribution >= 4 is 37.0 Å². The first-order valence-electron chi connectivity index (χ1n) is 4.77. The van der Waals surface area contributed by atoms with E-state index in [4.69, 9.17) is 5.73 Å². The fourth-order valence-corrected chi connectivity index (χ4v) is 3.81. The average molecular weight is 290 g/mol. The molecule has 18 heavy (non-hydrogen) atoms. The summed E-state index contributed by atoms with van der Waals surface area (Å²) in [6, 6.07) is 2.17. The third-order valence-electron chi connectivity index (χ3n) is 2.43. The van der Waals surface area contributed by atoms with Gasteiger partial charge >= 0.3 is 0 Å². The lowest BCUT2D eigenvalue weighted by atomic mass is 10.2. The van der Waals surface area contributed by atoms with E-state index >= 15 is 0 Å². The molecule has 0 saturated heterocycles. The van der Waals surface area contributed by atoms with Crippen LogP contribution in [0.2, 0.25) is 0 Å². The molecule has 1 heterocycles. The summed E-state index contributed by atoms with van der Waals surface area (Å²) in [5.41, 5.74) is 5.29. The fourth-order valence-electron chi connectivity index (χ4n) is 1.71. The van der Waals surface area contributed by atoms with Gasteiger partial charge in [-0.25, -0.2) is 16.8 Å². The number of hydrogen-bond acceptors (Lipinski definition) is 6. The molecular formula is C9H10N2O5S2. The number of sulfone groups is 2. The Hall–Kier alpha value is -1.61. The van der Waals surface area contributed by atoms with Crippen LogP contribution in [0.1, 0.15) is 0 Å². The maximum Gasteiger partial charge on any atom is 0.239 e. The molecule has 0 spiro atoms. The van der Waals surface area contributed by atoms with Gasteiger partial charge in [0.05, 0.1) is 16.3 Å². The monoisotopic (exact) mass is 290 g/mol. The van der Waals surface area contributed by atoms with Crippen molar-refractivity contribution in [2.45, 2.75) is 9.79 Å². The summed E-state index contributed by atoms with van der Waals surface area (Å²) in [4.78, 5) is 10.9. The van der Waals surface area contributed by atoms with Crippen LogP contribution < -0.4 is 11.1 Å². The summed E-state index contributed by atoms with van der Waals surface area (Å²) in [6.45, 7) is 0. The molecule has 7 nitrogen and oxygen atoms in total. The molecule has 9 heteroatoms. The fraction of sp³-hybridized carbons (Fsp3) is 0.222. The first-order valence-corrected chi connectivity index (χ1v) is 8.32. The molecule has 0 saturated carbocycles. The van der Waals surface area contributed by atoms with Crippen molar-refractivity contribution in [3.05, 3.63) is 12.1 Å². The van der Waals surface area contributed by atoms with Gasteiger partial charge in [-0.1, -0.05) is 0 Å². The molecule has 0 radical (unpaired) electrons.